The molecule has 28 heavy (non-hydrogen) atoms. The molecule has 0 unspecified atom stereocenters. The largest absolute Gasteiger partial charge is 0.493 e. The molecule has 3 N–H and O–H groups in total. The van der Waals surface area contributed by atoms with Gasteiger partial charge >= 0.3 is 5.97 Å². The number of amides is 2. The van der Waals surface area contributed by atoms with Crippen molar-refractivity contribution in [1.82, 2.24) is 10.6 Å². The normalized spacial score (nSPS) is 13.5. The zero-order chi connectivity index (χ0) is 21.5. The summed E-state index contributed by atoms with van der Waals surface area (Å²) in [6.07, 6.45) is -0.0389. The molecule has 0 aliphatic rings. The Kier molecular flexibility index (Phi) is 8.74. The number of benzene rings is 1. The van der Waals surface area contributed by atoms with Gasteiger partial charge in [-0.15, -0.1) is 0 Å². The summed E-state index contributed by atoms with van der Waals surface area (Å²) in [5, 5.41) is 13.7. The van der Waals surface area contributed by atoms with E-state index >= 15 is 0 Å². The van der Waals surface area contributed by atoms with Crippen LogP contribution in [-0.4, -0.2) is 46.3 Å². The van der Waals surface area contributed by atoms with E-state index in [9.17, 15) is 23.9 Å². The third kappa shape index (κ3) is 7.38. The molecule has 7 nitrogen and oxygen atoms in total. The molecule has 0 bridgehead atoms. The van der Waals surface area contributed by atoms with Gasteiger partial charge in [0.05, 0.1) is 11.9 Å². The summed E-state index contributed by atoms with van der Waals surface area (Å²) in [5.74, 6) is -2.55. The maximum absolute atomic E-state index is 13.1. The Morgan fingerprint density at radius 2 is 1.93 bits per heavy atom. The van der Waals surface area contributed by atoms with Gasteiger partial charge in [0.1, 0.15) is 23.1 Å². The van der Waals surface area contributed by atoms with Crippen molar-refractivity contribution in [3.63, 3.8) is 0 Å². The van der Waals surface area contributed by atoms with Gasteiger partial charge in [-0.25, -0.2) is 9.18 Å². The van der Waals surface area contributed by atoms with Crippen molar-refractivity contribution < 1.29 is 28.6 Å². The highest BCUT2D eigenvalue weighted by Crippen LogP contribution is 2.14. The number of carbonyl (C=O) groups is 3. The first-order chi connectivity index (χ1) is 12.9. The fourth-order valence-electron chi connectivity index (χ4n) is 2.19. The molecule has 1 aromatic rings. The number of hydrogen-bond acceptors (Lipinski definition) is 5. The Labute approximate surface area is 169 Å². The van der Waals surface area contributed by atoms with E-state index in [-0.39, 0.29) is 24.7 Å². The Morgan fingerprint density at radius 3 is 2.46 bits per heavy atom. The van der Waals surface area contributed by atoms with Crippen LogP contribution >= 0.6 is 12.6 Å². The fraction of sp³-hybridized carbons (Fsp3) is 0.526. The van der Waals surface area contributed by atoms with E-state index in [0.717, 1.165) is 0 Å². The first-order valence-corrected chi connectivity index (χ1v) is 9.38. The number of ether oxygens (including phenoxy) is 1. The SMILES string of the molecule is CC(C)[C@H](S)C(=O)NC(C)(C)C(=O)N[C@@H](CCOc1cccc(F)c1)C(=O)O. The minimum absolute atomic E-state index is 0.0334. The second-order valence-electron chi connectivity index (χ2n) is 7.26. The van der Waals surface area contributed by atoms with Crippen LogP contribution in [0.25, 0.3) is 0 Å². The Bertz CT molecular complexity index is 711. The van der Waals surface area contributed by atoms with Crippen LogP contribution in [0.5, 0.6) is 5.75 Å². The van der Waals surface area contributed by atoms with E-state index < -0.39 is 40.4 Å². The van der Waals surface area contributed by atoms with Crippen molar-refractivity contribution in [3.05, 3.63) is 30.1 Å². The van der Waals surface area contributed by atoms with Crippen LogP contribution in [-0.2, 0) is 14.4 Å². The number of thiol groups is 1. The van der Waals surface area contributed by atoms with Crippen LogP contribution in [0.15, 0.2) is 24.3 Å². The van der Waals surface area contributed by atoms with E-state index in [2.05, 4.69) is 23.3 Å². The van der Waals surface area contributed by atoms with Crippen molar-refractivity contribution in [1.29, 1.82) is 0 Å². The van der Waals surface area contributed by atoms with Crippen molar-refractivity contribution in [2.75, 3.05) is 6.61 Å². The Hall–Kier alpha value is -2.29. The van der Waals surface area contributed by atoms with E-state index in [4.69, 9.17) is 4.74 Å². The van der Waals surface area contributed by atoms with E-state index in [1.807, 2.05) is 13.8 Å². The highest BCUT2D eigenvalue weighted by Gasteiger charge is 2.34. The lowest BCUT2D eigenvalue weighted by Crippen LogP contribution is -2.59. The first-order valence-electron chi connectivity index (χ1n) is 8.86. The number of carboxylic acids is 1. The Balaban J connectivity index is 2.65. The lowest BCUT2D eigenvalue weighted by atomic mass is 10.0. The molecular formula is C19H27FN2O5S. The second kappa shape index (κ2) is 10.3. The average Bonchev–Trinajstić information content (AvgIpc) is 2.59. The summed E-state index contributed by atoms with van der Waals surface area (Å²) >= 11 is 4.21. The summed E-state index contributed by atoms with van der Waals surface area (Å²) in [6, 6.07) is 4.22. The van der Waals surface area contributed by atoms with Crippen LogP contribution in [0.2, 0.25) is 0 Å². The molecular weight excluding hydrogens is 387 g/mol. The molecule has 2 atom stereocenters. The number of aliphatic carboxylic acids is 1. The van der Waals surface area contributed by atoms with Crippen molar-refractivity contribution >= 4 is 30.4 Å². The molecule has 0 fully saturated rings. The maximum Gasteiger partial charge on any atom is 0.326 e. The number of halogens is 1. The highest BCUT2D eigenvalue weighted by atomic mass is 32.1. The molecule has 0 radical (unpaired) electrons. The van der Waals surface area contributed by atoms with Crippen LogP contribution < -0.4 is 15.4 Å². The zero-order valence-corrected chi connectivity index (χ0v) is 17.3. The van der Waals surface area contributed by atoms with Gasteiger partial charge in [0.15, 0.2) is 0 Å². The van der Waals surface area contributed by atoms with E-state index in [1.165, 1.54) is 32.0 Å². The van der Waals surface area contributed by atoms with Gasteiger partial charge in [0.25, 0.3) is 0 Å². The molecule has 0 spiro atoms. The predicted octanol–water partition coefficient (Wildman–Crippen LogP) is 2.01. The highest BCUT2D eigenvalue weighted by molar-refractivity contribution is 7.81. The number of rotatable bonds is 10. The quantitative estimate of drug-likeness (QED) is 0.439. The summed E-state index contributed by atoms with van der Waals surface area (Å²) in [6.45, 7) is 6.55. The molecule has 2 amide bonds. The van der Waals surface area contributed by atoms with E-state index in [0.29, 0.717) is 0 Å². The van der Waals surface area contributed by atoms with Crippen molar-refractivity contribution in [2.45, 2.75) is 50.9 Å². The third-order valence-corrected chi connectivity index (χ3v) is 4.81. The average molecular weight is 414 g/mol. The molecule has 0 aliphatic heterocycles. The molecule has 0 saturated heterocycles. The molecule has 0 saturated carbocycles. The lowest BCUT2D eigenvalue weighted by Gasteiger charge is -2.29. The first kappa shape index (κ1) is 23.7. The van der Waals surface area contributed by atoms with Crippen LogP contribution in [0, 0.1) is 11.7 Å². The maximum atomic E-state index is 13.1. The second-order valence-corrected chi connectivity index (χ2v) is 7.82. The molecule has 1 aromatic carbocycles. The van der Waals surface area contributed by atoms with Gasteiger partial charge in [-0.3, -0.25) is 9.59 Å². The zero-order valence-electron chi connectivity index (χ0n) is 16.4. The minimum atomic E-state index is -1.33. The molecule has 156 valence electrons. The van der Waals surface area contributed by atoms with Crippen molar-refractivity contribution in [3.8, 4) is 5.75 Å². The lowest BCUT2D eigenvalue weighted by molar-refractivity contribution is -0.143. The molecule has 9 heteroatoms. The summed E-state index contributed by atoms with van der Waals surface area (Å²) in [7, 11) is 0. The van der Waals surface area contributed by atoms with Crippen molar-refractivity contribution in [2.24, 2.45) is 5.92 Å². The summed E-state index contributed by atoms with van der Waals surface area (Å²) in [4.78, 5) is 36.1. The molecule has 0 heterocycles. The van der Waals surface area contributed by atoms with Gasteiger partial charge < -0.3 is 20.5 Å². The number of nitrogens with one attached hydrogen (secondary N) is 2. The number of hydrogen-bond donors (Lipinski definition) is 4. The minimum Gasteiger partial charge on any atom is -0.493 e. The van der Waals surface area contributed by atoms with Gasteiger partial charge in [0.2, 0.25) is 11.8 Å². The van der Waals surface area contributed by atoms with Crippen LogP contribution in [0.3, 0.4) is 0 Å². The fourth-order valence-corrected chi connectivity index (χ4v) is 2.25. The Morgan fingerprint density at radius 1 is 1.29 bits per heavy atom. The van der Waals surface area contributed by atoms with Gasteiger partial charge in [-0.05, 0) is 31.9 Å². The van der Waals surface area contributed by atoms with Crippen LogP contribution in [0.4, 0.5) is 4.39 Å². The van der Waals surface area contributed by atoms with E-state index in [1.54, 1.807) is 6.07 Å². The standard InChI is InChI=1S/C19H27FN2O5S/c1-11(2)15(28)16(23)22-19(3,4)18(26)21-14(17(24)25)8-9-27-13-7-5-6-12(20)10-13/h5-7,10-11,14-15,28H,8-9H2,1-4H3,(H,21,26)(H,22,23)(H,24,25)/t14-,15-/m0/s1. The van der Waals surface area contributed by atoms with Gasteiger partial charge in [0, 0.05) is 12.5 Å². The summed E-state index contributed by atoms with van der Waals surface area (Å²) in [5.41, 5.74) is -1.33. The molecule has 0 aliphatic carbocycles. The van der Waals surface area contributed by atoms with Gasteiger partial charge in [-0.2, -0.15) is 12.6 Å². The number of carbonyl (C=O) groups excluding carboxylic acids is 2. The topological polar surface area (TPSA) is 105 Å². The predicted molar refractivity (Wildman–Crippen MR) is 106 cm³/mol. The van der Waals surface area contributed by atoms with Gasteiger partial charge in [-0.1, -0.05) is 19.9 Å². The smallest absolute Gasteiger partial charge is 0.326 e. The van der Waals surface area contributed by atoms with Crippen LogP contribution in [0.1, 0.15) is 34.1 Å². The number of carboxylic acid groups (broad SMARTS) is 1. The molecule has 1 rings (SSSR count). The third-order valence-electron chi connectivity index (χ3n) is 3.98. The summed E-state index contributed by atoms with van der Waals surface area (Å²) < 4.78 is 18.4. The monoisotopic (exact) mass is 414 g/mol. The molecule has 0 aromatic heterocycles.